The van der Waals surface area contributed by atoms with Crippen LogP contribution in [0.15, 0.2) is 47.1 Å². The molecule has 3 aromatic rings. The van der Waals surface area contributed by atoms with Gasteiger partial charge in [0.15, 0.2) is 0 Å². The molecule has 0 bridgehead atoms. The molecule has 1 amide bonds. The Bertz CT molecular complexity index is 1200. The molecule has 1 saturated carbocycles. The molecule has 10 heteroatoms. The predicted molar refractivity (Wildman–Crippen MR) is 128 cm³/mol. The second-order valence-electron chi connectivity index (χ2n) is 8.49. The number of halogens is 1. The van der Waals surface area contributed by atoms with Crippen LogP contribution < -0.4 is 10.1 Å². The largest absolute Gasteiger partial charge is 0.489 e. The van der Waals surface area contributed by atoms with Gasteiger partial charge in [-0.2, -0.15) is 0 Å². The van der Waals surface area contributed by atoms with Crippen LogP contribution in [-0.2, 0) is 9.53 Å². The van der Waals surface area contributed by atoms with Crippen molar-refractivity contribution in [2.45, 2.75) is 51.7 Å². The van der Waals surface area contributed by atoms with E-state index in [1.807, 2.05) is 6.07 Å². The minimum absolute atomic E-state index is 0.169. The van der Waals surface area contributed by atoms with Gasteiger partial charge in [0, 0.05) is 10.6 Å². The van der Waals surface area contributed by atoms with E-state index in [2.05, 4.69) is 15.5 Å². The van der Waals surface area contributed by atoms with Crippen LogP contribution in [0.1, 0.15) is 50.0 Å². The molecule has 0 aliphatic heterocycles. The van der Waals surface area contributed by atoms with Crippen molar-refractivity contribution in [2.75, 3.05) is 5.32 Å². The monoisotopic (exact) mass is 499 g/mol. The topological polar surface area (TPSA) is 124 Å². The number of aryl methyl sites for hydroxylation is 1. The van der Waals surface area contributed by atoms with E-state index >= 15 is 0 Å². The van der Waals surface area contributed by atoms with Crippen LogP contribution in [0.2, 0.25) is 5.02 Å². The summed E-state index contributed by atoms with van der Waals surface area (Å²) in [5.41, 5.74) is 1.95. The summed E-state index contributed by atoms with van der Waals surface area (Å²) in [5, 5.41) is 16.4. The molecule has 1 fully saturated rings. The molecule has 0 unspecified atom stereocenters. The van der Waals surface area contributed by atoms with E-state index < -0.39 is 18.2 Å². The lowest BCUT2D eigenvalue weighted by Gasteiger charge is -2.27. The smallest absolute Gasteiger partial charge is 0.412 e. The summed E-state index contributed by atoms with van der Waals surface area (Å²) < 4.78 is 16.8. The maximum atomic E-state index is 12.6. The zero-order valence-corrected chi connectivity index (χ0v) is 20.1. The third kappa shape index (κ3) is 5.92. The van der Waals surface area contributed by atoms with E-state index in [1.165, 1.54) is 0 Å². The maximum absolute atomic E-state index is 12.6. The van der Waals surface area contributed by atoms with E-state index in [9.17, 15) is 14.7 Å². The van der Waals surface area contributed by atoms with Crippen LogP contribution in [0.5, 0.6) is 5.75 Å². The maximum Gasteiger partial charge on any atom is 0.412 e. The summed E-state index contributed by atoms with van der Waals surface area (Å²) >= 11 is 6.19. The molecule has 35 heavy (non-hydrogen) atoms. The first-order valence-electron chi connectivity index (χ1n) is 11.4. The highest BCUT2D eigenvalue weighted by Gasteiger charge is 2.28. The van der Waals surface area contributed by atoms with Gasteiger partial charge in [0.25, 0.3) is 0 Å². The normalized spacial score (nSPS) is 18.5. The minimum Gasteiger partial charge on any atom is -0.489 e. The van der Waals surface area contributed by atoms with Crippen LogP contribution in [0.25, 0.3) is 11.5 Å². The molecule has 9 nitrogen and oxygen atoms in total. The molecule has 1 aliphatic rings. The standard InChI is InChI=1S/C25H26ClN3O6/c1-14-22(28-25(32)33-15(2)19-8-3-4-9-20(19)26)23(35-29-14)21-11-10-18(13-27-21)34-17-7-5-6-16(12-17)24(30)31/h3-4,8-11,13,15-17H,5-7,12H2,1-2H3,(H,28,32)(H,30,31)/t15-,16+,17+/m1/s1. The average molecular weight is 500 g/mol. The number of carbonyl (C=O) groups is 2. The molecule has 0 spiro atoms. The molecular weight excluding hydrogens is 474 g/mol. The van der Waals surface area contributed by atoms with E-state index in [0.29, 0.717) is 46.3 Å². The molecule has 2 heterocycles. The lowest BCUT2D eigenvalue weighted by molar-refractivity contribution is -0.143. The number of carboxylic acids is 1. The van der Waals surface area contributed by atoms with Crippen LogP contribution in [0.4, 0.5) is 10.5 Å². The quantitative estimate of drug-likeness (QED) is 0.403. The molecule has 2 N–H and O–H groups in total. The Hall–Kier alpha value is -3.59. The number of nitrogens with one attached hydrogen (secondary N) is 1. The van der Waals surface area contributed by atoms with Crippen LogP contribution in [0.3, 0.4) is 0 Å². The van der Waals surface area contributed by atoms with Gasteiger partial charge in [0.05, 0.1) is 18.2 Å². The van der Waals surface area contributed by atoms with Crippen molar-refractivity contribution in [1.82, 2.24) is 10.1 Å². The molecule has 4 rings (SSSR count). The first-order valence-corrected chi connectivity index (χ1v) is 11.7. The van der Waals surface area contributed by atoms with Gasteiger partial charge in [0.1, 0.15) is 28.9 Å². The Balaban J connectivity index is 1.42. The van der Waals surface area contributed by atoms with Gasteiger partial charge in [-0.25, -0.2) is 9.78 Å². The van der Waals surface area contributed by atoms with Crippen molar-refractivity contribution in [1.29, 1.82) is 0 Å². The Morgan fingerprint density at radius 1 is 1.23 bits per heavy atom. The summed E-state index contributed by atoms with van der Waals surface area (Å²) in [6.07, 6.45) is 2.88. The number of ether oxygens (including phenoxy) is 2. The van der Waals surface area contributed by atoms with E-state index in [0.717, 1.165) is 12.8 Å². The second kappa shape index (κ2) is 10.8. The average Bonchev–Trinajstić information content (AvgIpc) is 3.19. The number of anilines is 1. The number of nitrogens with zero attached hydrogens (tertiary/aromatic N) is 2. The number of rotatable bonds is 7. The lowest BCUT2D eigenvalue weighted by atomic mass is 9.87. The van der Waals surface area contributed by atoms with Crippen LogP contribution in [0, 0.1) is 12.8 Å². The summed E-state index contributed by atoms with van der Waals surface area (Å²) in [6.45, 7) is 3.42. The van der Waals surface area contributed by atoms with Gasteiger partial charge >= 0.3 is 12.1 Å². The molecule has 184 valence electrons. The fourth-order valence-corrected chi connectivity index (χ4v) is 4.39. The van der Waals surface area contributed by atoms with E-state index in [1.54, 1.807) is 50.4 Å². The van der Waals surface area contributed by atoms with Gasteiger partial charge in [0.2, 0.25) is 5.76 Å². The number of carbonyl (C=O) groups excluding carboxylic acids is 1. The van der Waals surface area contributed by atoms with Crippen molar-refractivity contribution >= 4 is 29.4 Å². The zero-order chi connectivity index (χ0) is 24.9. The third-order valence-corrected chi connectivity index (χ3v) is 6.31. The van der Waals surface area contributed by atoms with Gasteiger partial charge in [-0.15, -0.1) is 0 Å². The summed E-state index contributed by atoms with van der Waals surface area (Å²) in [5.74, 6) is -0.358. The number of aromatic nitrogens is 2. The number of aliphatic carboxylic acids is 1. The number of benzene rings is 1. The van der Waals surface area contributed by atoms with Crippen molar-refractivity contribution < 1.29 is 28.7 Å². The minimum atomic E-state index is -0.785. The number of carboxylic acid groups (broad SMARTS) is 1. The third-order valence-electron chi connectivity index (χ3n) is 5.96. The number of pyridine rings is 1. The number of hydrogen-bond acceptors (Lipinski definition) is 7. The number of hydrogen-bond donors (Lipinski definition) is 2. The highest BCUT2D eigenvalue weighted by atomic mass is 35.5. The van der Waals surface area contributed by atoms with Crippen LogP contribution >= 0.6 is 11.6 Å². The van der Waals surface area contributed by atoms with Gasteiger partial charge in [-0.1, -0.05) is 35.0 Å². The Morgan fingerprint density at radius 3 is 2.74 bits per heavy atom. The molecule has 1 aliphatic carbocycles. The molecule has 1 aromatic carbocycles. The Kier molecular flexibility index (Phi) is 7.55. The van der Waals surface area contributed by atoms with Crippen LogP contribution in [-0.4, -0.2) is 33.4 Å². The summed E-state index contributed by atoms with van der Waals surface area (Å²) in [6, 6.07) is 10.6. The highest BCUT2D eigenvalue weighted by molar-refractivity contribution is 6.31. The highest BCUT2D eigenvalue weighted by Crippen LogP contribution is 2.33. The molecule has 2 aromatic heterocycles. The molecule has 0 radical (unpaired) electrons. The van der Waals surface area contributed by atoms with Crippen molar-refractivity contribution in [2.24, 2.45) is 5.92 Å². The summed E-state index contributed by atoms with van der Waals surface area (Å²) in [7, 11) is 0. The summed E-state index contributed by atoms with van der Waals surface area (Å²) in [4.78, 5) is 28.2. The van der Waals surface area contributed by atoms with Gasteiger partial charge in [-0.05, 0) is 57.7 Å². The van der Waals surface area contributed by atoms with Crippen molar-refractivity contribution in [3.8, 4) is 17.2 Å². The fraction of sp³-hybridized carbons (Fsp3) is 0.360. The Labute approximate surface area is 207 Å². The van der Waals surface area contributed by atoms with E-state index in [4.69, 9.17) is 25.6 Å². The van der Waals surface area contributed by atoms with Crippen molar-refractivity contribution in [3.05, 3.63) is 58.9 Å². The number of amides is 1. The first kappa shape index (κ1) is 24.5. The van der Waals surface area contributed by atoms with Gasteiger partial charge in [-0.3, -0.25) is 10.1 Å². The zero-order valence-electron chi connectivity index (χ0n) is 19.4. The molecule has 0 saturated heterocycles. The second-order valence-corrected chi connectivity index (χ2v) is 8.89. The Morgan fingerprint density at radius 2 is 2.03 bits per heavy atom. The first-order chi connectivity index (χ1) is 16.8. The SMILES string of the molecule is Cc1noc(-c2ccc(O[C@H]3CCC[C@H](C(=O)O)C3)cn2)c1NC(=O)O[C@H](C)c1ccccc1Cl. The lowest BCUT2D eigenvalue weighted by Crippen LogP contribution is -2.29. The van der Waals surface area contributed by atoms with Crippen molar-refractivity contribution in [3.63, 3.8) is 0 Å². The predicted octanol–water partition coefficient (Wildman–Crippen LogP) is 6.03. The molecular formula is C25H26ClN3O6. The fourth-order valence-electron chi connectivity index (χ4n) is 4.11. The van der Waals surface area contributed by atoms with E-state index in [-0.39, 0.29) is 17.8 Å². The van der Waals surface area contributed by atoms with Gasteiger partial charge < -0.3 is 19.1 Å². The molecule has 3 atom stereocenters.